The molecule has 0 amide bonds. The van der Waals surface area contributed by atoms with Crippen LogP contribution in [0.25, 0.3) is 0 Å². The van der Waals surface area contributed by atoms with Gasteiger partial charge in [0, 0.05) is 24.4 Å². The lowest BCUT2D eigenvalue weighted by atomic mass is 10.2. The first kappa shape index (κ1) is 5.51. The van der Waals surface area contributed by atoms with Gasteiger partial charge < -0.3 is 5.73 Å². The topological polar surface area (TPSA) is 38.4 Å². The maximum atomic E-state index is 5.53. The fourth-order valence-electron chi connectivity index (χ4n) is 0.678. The Morgan fingerprint density at radius 1 is 1.88 bits per heavy atom. The molecule has 0 saturated carbocycles. The quantitative estimate of drug-likeness (QED) is 0.530. The van der Waals surface area contributed by atoms with E-state index in [0.29, 0.717) is 0 Å². The second-order valence-corrected chi connectivity index (χ2v) is 2.00. The first-order chi connectivity index (χ1) is 3.80. The molecule has 1 rings (SSSR count). The van der Waals surface area contributed by atoms with Crippen LogP contribution >= 0.6 is 0 Å². The third kappa shape index (κ3) is 0.954. The van der Waals surface area contributed by atoms with Crippen molar-refractivity contribution in [1.29, 1.82) is 0 Å². The standard InChI is InChI=1S/C6H10N2/c1-5(7)6-3-2-4-8-6/h2,4-5H,3,7H2,1H3/t5-/m1/s1. The molecule has 0 spiro atoms. The van der Waals surface area contributed by atoms with Crippen molar-refractivity contribution < 1.29 is 0 Å². The highest BCUT2D eigenvalue weighted by Crippen LogP contribution is 2.01. The molecule has 1 atom stereocenters. The molecule has 0 aromatic rings. The van der Waals surface area contributed by atoms with E-state index in [1.54, 1.807) is 6.20 Å². The lowest BCUT2D eigenvalue weighted by Gasteiger charge is -2.00. The number of rotatable bonds is 1. The number of allylic oxidation sites excluding steroid dienone is 1. The third-order valence-corrected chi connectivity index (χ3v) is 1.20. The molecule has 0 bridgehead atoms. The van der Waals surface area contributed by atoms with Crippen LogP contribution in [0.1, 0.15) is 13.3 Å². The fourth-order valence-corrected chi connectivity index (χ4v) is 0.678. The van der Waals surface area contributed by atoms with Crippen molar-refractivity contribution in [2.45, 2.75) is 19.4 Å². The van der Waals surface area contributed by atoms with Gasteiger partial charge >= 0.3 is 0 Å². The summed E-state index contributed by atoms with van der Waals surface area (Å²) in [6, 6.07) is 0.130. The van der Waals surface area contributed by atoms with Crippen molar-refractivity contribution >= 4 is 5.71 Å². The average Bonchev–Trinajstić information content (AvgIpc) is 2.12. The van der Waals surface area contributed by atoms with Gasteiger partial charge in [0.1, 0.15) is 0 Å². The highest BCUT2D eigenvalue weighted by Gasteiger charge is 2.04. The van der Waals surface area contributed by atoms with E-state index in [4.69, 9.17) is 5.73 Å². The van der Waals surface area contributed by atoms with E-state index in [0.717, 1.165) is 12.1 Å². The Hall–Kier alpha value is -0.630. The molecule has 0 saturated heterocycles. The Kier molecular flexibility index (Phi) is 1.44. The Balaban J connectivity index is 2.51. The second kappa shape index (κ2) is 2.09. The molecular formula is C6H10N2. The lowest BCUT2D eigenvalue weighted by molar-refractivity contribution is 0.960. The van der Waals surface area contributed by atoms with E-state index in [9.17, 15) is 0 Å². The monoisotopic (exact) mass is 110 g/mol. The summed E-state index contributed by atoms with van der Waals surface area (Å²) in [5, 5.41) is 0. The summed E-state index contributed by atoms with van der Waals surface area (Å²) in [4.78, 5) is 4.05. The number of aliphatic imine (C=N–C) groups is 1. The molecule has 2 N–H and O–H groups in total. The zero-order valence-electron chi connectivity index (χ0n) is 4.96. The summed E-state index contributed by atoms with van der Waals surface area (Å²) in [6.07, 6.45) is 4.76. The number of nitrogens with zero attached hydrogens (tertiary/aromatic N) is 1. The molecule has 0 aromatic carbocycles. The number of nitrogens with two attached hydrogens (primary N) is 1. The fraction of sp³-hybridized carbons (Fsp3) is 0.500. The van der Waals surface area contributed by atoms with Gasteiger partial charge in [-0.05, 0) is 6.92 Å². The molecule has 0 fully saturated rings. The number of hydrogen-bond donors (Lipinski definition) is 1. The highest BCUT2D eigenvalue weighted by atomic mass is 14.8. The molecule has 44 valence electrons. The van der Waals surface area contributed by atoms with Crippen LogP contribution in [-0.4, -0.2) is 11.8 Å². The van der Waals surface area contributed by atoms with Crippen molar-refractivity contribution in [2.24, 2.45) is 10.7 Å². The molecule has 0 aliphatic carbocycles. The predicted molar refractivity (Wildman–Crippen MR) is 34.8 cm³/mol. The van der Waals surface area contributed by atoms with Gasteiger partial charge in [-0.1, -0.05) is 6.08 Å². The van der Waals surface area contributed by atoms with Gasteiger partial charge in [0.15, 0.2) is 0 Å². The van der Waals surface area contributed by atoms with Gasteiger partial charge in [0.25, 0.3) is 0 Å². The van der Waals surface area contributed by atoms with E-state index in [-0.39, 0.29) is 6.04 Å². The minimum Gasteiger partial charge on any atom is -0.323 e. The summed E-state index contributed by atoms with van der Waals surface area (Å²) < 4.78 is 0. The van der Waals surface area contributed by atoms with Crippen LogP contribution in [0.15, 0.2) is 17.3 Å². The van der Waals surface area contributed by atoms with Crippen molar-refractivity contribution in [1.82, 2.24) is 0 Å². The van der Waals surface area contributed by atoms with E-state index in [1.165, 1.54) is 0 Å². The Morgan fingerprint density at radius 2 is 2.62 bits per heavy atom. The Morgan fingerprint density at radius 3 is 2.88 bits per heavy atom. The van der Waals surface area contributed by atoms with Gasteiger partial charge in [-0.15, -0.1) is 0 Å². The molecular weight excluding hydrogens is 100 g/mol. The summed E-state index contributed by atoms with van der Waals surface area (Å²) in [5.41, 5.74) is 6.61. The Bertz CT molecular complexity index is 133. The molecule has 0 radical (unpaired) electrons. The van der Waals surface area contributed by atoms with Gasteiger partial charge in [0.2, 0.25) is 0 Å². The molecule has 1 aliphatic heterocycles. The van der Waals surface area contributed by atoms with Crippen LogP contribution in [0, 0.1) is 0 Å². The maximum Gasteiger partial charge on any atom is 0.0404 e. The highest BCUT2D eigenvalue weighted by molar-refractivity contribution is 5.92. The van der Waals surface area contributed by atoms with Crippen LogP contribution in [-0.2, 0) is 0 Å². The molecule has 8 heavy (non-hydrogen) atoms. The van der Waals surface area contributed by atoms with E-state index in [1.807, 2.05) is 13.0 Å². The average molecular weight is 110 g/mol. The van der Waals surface area contributed by atoms with Crippen molar-refractivity contribution in [2.75, 3.05) is 0 Å². The summed E-state index contributed by atoms with van der Waals surface area (Å²) in [6.45, 7) is 1.95. The van der Waals surface area contributed by atoms with Crippen LogP contribution < -0.4 is 5.73 Å². The van der Waals surface area contributed by atoms with E-state index in [2.05, 4.69) is 4.99 Å². The van der Waals surface area contributed by atoms with Crippen LogP contribution in [0.3, 0.4) is 0 Å². The van der Waals surface area contributed by atoms with Gasteiger partial charge in [0.05, 0.1) is 0 Å². The van der Waals surface area contributed by atoms with Crippen LogP contribution in [0.2, 0.25) is 0 Å². The maximum absolute atomic E-state index is 5.53. The summed E-state index contributed by atoms with van der Waals surface area (Å²) in [7, 11) is 0. The van der Waals surface area contributed by atoms with Crippen LogP contribution in [0.4, 0.5) is 0 Å². The Labute approximate surface area is 49.1 Å². The van der Waals surface area contributed by atoms with Crippen molar-refractivity contribution in [3.63, 3.8) is 0 Å². The molecule has 1 aliphatic rings. The van der Waals surface area contributed by atoms with Gasteiger partial charge in [-0.2, -0.15) is 0 Å². The zero-order chi connectivity index (χ0) is 5.98. The van der Waals surface area contributed by atoms with Crippen molar-refractivity contribution in [3.05, 3.63) is 12.3 Å². The second-order valence-electron chi connectivity index (χ2n) is 2.00. The molecule has 1 heterocycles. The van der Waals surface area contributed by atoms with Crippen molar-refractivity contribution in [3.8, 4) is 0 Å². The lowest BCUT2D eigenvalue weighted by Crippen LogP contribution is -2.24. The molecule has 0 aromatic heterocycles. The molecule has 2 nitrogen and oxygen atoms in total. The zero-order valence-corrected chi connectivity index (χ0v) is 4.96. The third-order valence-electron chi connectivity index (χ3n) is 1.20. The first-order valence-electron chi connectivity index (χ1n) is 2.78. The van der Waals surface area contributed by atoms with Gasteiger partial charge in [-0.3, -0.25) is 4.99 Å². The molecule has 2 heteroatoms. The smallest absolute Gasteiger partial charge is 0.0404 e. The minimum absolute atomic E-state index is 0.130. The van der Waals surface area contributed by atoms with Gasteiger partial charge in [-0.25, -0.2) is 0 Å². The summed E-state index contributed by atoms with van der Waals surface area (Å²) >= 11 is 0. The minimum atomic E-state index is 0.130. The molecule has 0 unspecified atom stereocenters. The van der Waals surface area contributed by atoms with E-state index < -0.39 is 0 Å². The largest absolute Gasteiger partial charge is 0.323 e. The van der Waals surface area contributed by atoms with Crippen LogP contribution in [0.5, 0.6) is 0 Å². The predicted octanol–water partition coefficient (Wildman–Crippen LogP) is 0.692. The SMILES string of the molecule is C[C@@H](N)C1=NC=CC1. The van der Waals surface area contributed by atoms with E-state index >= 15 is 0 Å². The number of hydrogen-bond acceptors (Lipinski definition) is 2. The normalized spacial score (nSPS) is 21.0. The summed E-state index contributed by atoms with van der Waals surface area (Å²) in [5.74, 6) is 0. The first-order valence-corrected chi connectivity index (χ1v) is 2.78.